The van der Waals surface area contributed by atoms with Crippen LogP contribution in [0.5, 0.6) is 0 Å². The van der Waals surface area contributed by atoms with Crippen LogP contribution in [0, 0.1) is 12.7 Å². The van der Waals surface area contributed by atoms with E-state index in [0.717, 1.165) is 11.1 Å². The molecular weight excluding hydrogens is 229 g/mol. The third-order valence-electron chi connectivity index (χ3n) is 2.41. The van der Waals surface area contributed by atoms with Crippen LogP contribution in [0.1, 0.15) is 16.7 Å². The number of aryl methyl sites for hydroxylation is 1. The molecule has 2 rings (SSSR count). The van der Waals surface area contributed by atoms with Crippen LogP contribution < -0.4 is 0 Å². The quantitative estimate of drug-likeness (QED) is 0.593. The van der Waals surface area contributed by atoms with Gasteiger partial charge in [-0.15, -0.1) is 0 Å². The van der Waals surface area contributed by atoms with E-state index < -0.39 is 0 Å². The summed E-state index contributed by atoms with van der Waals surface area (Å²) in [6.07, 6.45) is 2.77. The molecule has 0 heterocycles. The molecule has 0 aliphatic rings. The first-order valence-corrected chi connectivity index (χ1v) is 5.63. The van der Waals surface area contributed by atoms with E-state index in [1.54, 1.807) is 12.1 Å². The van der Waals surface area contributed by atoms with Gasteiger partial charge in [-0.2, -0.15) is 0 Å². The van der Waals surface area contributed by atoms with Crippen LogP contribution in [0.2, 0.25) is 0 Å². The lowest BCUT2D eigenvalue weighted by Gasteiger charge is -1.99. The van der Waals surface area contributed by atoms with Crippen molar-refractivity contribution in [1.29, 1.82) is 0 Å². The summed E-state index contributed by atoms with van der Waals surface area (Å²) in [5.41, 5.74) is 2.77. The van der Waals surface area contributed by atoms with E-state index in [9.17, 15) is 4.39 Å². The maximum absolute atomic E-state index is 12.9. The number of halogens is 1. The second-order valence-corrected chi connectivity index (χ2v) is 3.97. The molecule has 2 nitrogen and oxygen atoms in total. The molecule has 1 radical (unpaired) electrons. The van der Waals surface area contributed by atoms with Crippen molar-refractivity contribution in [2.45, 2.75) is 13.5 Å². The van der Waals surface area contributed by atoms with E-state index in [1.807, 2.05) is 31.2 Å². The molecule has 0 unspecified atom stereocenters. The molecule has 2 aromatic carbocycles. The maximum Gasteiger partial charge on any atom is 0.142 e. The number of benzene rings is 2. The van der Waals surface area contributed by atoms with Crippen molar-refractivity contribution in [3.8, 4) is 0 Å². The first kappa shape index (κ1) is 12.3. The molecule has 0 aliphatic carbocycles. The van der Waals surface area contributed by atoms with Gasteiger partial charge in [0.2, 0.25) is 0 Å². The third kappa shape index (κ3) is 3.70. The fraction of sp³-hybridized carbons (Fsp3) is 0.133. The van der Waals surface area contributed by atoms with Crippen LogP contribution in [-0.4, -0.2) is 6.21 Å². The van der Waals surface area contributed by atoms with Crippen molar-refractivity contribution in [1.82, 2.24) is 0 Å². The van der Waals surface area contributed by atoms with Gasteiger partial charge in [0.15, 0.2) is 0 Å². The van der Waals surface area contributed by atoms with Gasteiger partial charge in [0.1, 0.15) is 18.6 Å². The lowest BCUT2D eigenvalue weighted by atomic mass is 10.2. The zero-order chi connectivity index (χ0) is 12.8. The summed E-state index contributed by atoms with van der Waals surface area (Å²) in [5.74, 6) is -0.275. The van der Waals surface area contributed by atoms with Crippen molar-refractivity contribution in [3.05, 3.63) is 71.0 Å². The molecule has 0 atom stereocenters. The van der Waals surface area contributed by atoms with Gasteiger partial charge in [-0.3, -0.25) is 0 Å². The maximum atomic E-state index is 12.9. The lowest BCUT2D eigenvalue weighted by Crippen LogP contribution is -1.89. The summed E-state index contributed by atoms with van der Waals surface area (Å²) in [6.45, 7) is 2.25. The molecule has 18 heavy (non-hydrogen) atoms. The molecule has 0 saturated carbocycles. The molecule has 3 heteroatoms. The molecule has 0 amide bonds. The Morgan fingerprint density at radius 2 is 1.94 bits per heavy atom. The minimum absolute atomic E-state index is 0.233. The van der Waals surface area contributed by atoms with Crippen molar-refractivity contribution < 1.29 is 9.23 Å². The number of hydrogen-bond donors (Lipinski definition) is 0. The summed E-state index contributed by atoms with van der Waals surface area (Å²) < 4.78 is 12.9. The minimum atomic E-state index is -0.275. The minimum Gasteiger partial charge on any atom is -0.390 e. The normalized spacial score (nSPS) is 10.8. The van der Waals surface area contributed by atoms with Gasteiger partial charge in [-0.25, -0.2) is 4.39 Å². The summed E-state index contributed by atoms with van der Waals surface area (Å²) in [6, 6.07) is 14.0. The zero-order valence-electron chi connectivity index (χ0n) is 10.1. The molecule has 91 valence electrons. The fourth-order valence-electron chi connectivity index (χ4n) is 1.45. The van der Waals surface area contributed by atoms with Crippen LogP contribution in [0.4, 0.5) is 4.39 Å². The first-order valence-electron chi connectivity index (χ1n) is 5.63. The van der Waals surface area contributed by atoms with Gasteiger partial charge in [0.05, 0.1) is 0 Å². The van der Waals surface area contributed by atoms with Gasteiger partial charge in [0.25, 0.3) is 0 Å². The molecule has 2 aromatic rings. The Hall–Kier alpha value is -2.16. The average Bonchev–Trinajstić information content (AvgIpc) is 2.37. The first-order chi connectivity index (χ1) is 8.74. The van der Waals surface area contributed by atoms with Gasteiger partial charge >= 0.3 is 0 Å². The standard InChI is InChI=1S/C15H13FNO/c1-12-5-7-13(8-6-12)10-17-18-11-14-3-2-4-15(16)9-14/h2-9H,11H2,1H3. The summed E-state index contributed by atoms with van der Waals surface area (Å²) in [5, 5.41) is 3.72. The monoisotopic (exact) mass is 242 g/mol. The van der Waals surface area contributed by atoms with E-state index in [1.165, 1.54) is 17.7 Å². The van der Waals surface area contributed by atoms with Crippen LogP contribution in [0.15, 0.2) is 53.7 Å². The number of rotatable bonds is 4. The molecule has 0 saturated heterocycles. The SMILES string of the molecule is Cc1ccc(/[C]=N\OCc2cccc(F)c2)cc1. The Balaban J connectivity index is 1.87. The van der Waals surface area contributed by atoms with E-state index in [4.69, 9.17) is 4.84 Å². The Morgan fingerprint density at radius 1 is 1.17 bits per heavy atom. The summed E-state index contributed by atoms with van der Waals surface area (Å²) in [4.78, 5) is 5.06. The highest BCUT2D eigenvalue weighted by molar-refractivity contribution is 5.79. The molecule has 0 aromatic heterocycles. The van der Waals surface area contributed by atoms with Gasteiger partial charge < -0.3 is 4.84 Å². The smallest absolute Gasteiger partial charge is 0.142 e. The predicted octanol–water partition coefficient (Wildman–Crippen LogP) is 3.56. The van der Waals surface area contributed by atoms with Crippen LogP contribution in [-0.2, 0) is 11.4 Å². The Kier molecular flexibility index (Phi) is 4.07. The summed E-state index contributed by atoms with van der Waals surface area (Å²) in [7, 11) is 0. The van der Waals surface area contributed by atoms with E-state index in [-0.39, 0.29) is 12.4 Å². The molecule has 0 spiro atoms. The number of hydrogen-bond acceptors (Lipinski definition) is 2. The van der Waals surface area contributed by atoms with Crippen LogP contribution >= 0.6 is 0 Å². The summed E-state index contributed by atoms with van der Waals surface area (Å²) >= 11 is 0. The van der Waals surface area contributed by atoms with Gasteiger partial charge in [-0.05, 0) is 24.6 Å². The molecular formula is C15H13FNO. The Bertz CT molecular complexity index is 534. The second-order valence-electron chi connectivity index (χ2n) is 3.97. The van der Waals surface area contributed by atoms with E-state index >= 15 is 0 Å². The predicted molar refractivity (Wildman–Crippen MR) is 68.9 cm³/mol. The molecule has 0 bridgehead atoms. The second kappa shape index (κ2) is 5.96. The molecule has 0 fully saturated rings. The topological polar surface area (TPSA) is 21.6 Å². The lowest BCUT2D eigenvalue weighted by molar-refractivity contribution is 0.132. The van der Waals surface area contributed by atoms with Crippen LogP contribution in [0.3, 0.4) is 0 Å². The molecule has 0 N–H and O–H groups in total. The number of nitrogens with zero attached hydrogens (tertiary/aromatic N) is 1. The fourth-order valence-corrected chi connectivity index (χ4v) is 1.45. The molecule has 0 aliphatic heterocycles. The van der Waals surface area contributed by atoms with E-state index in [2.05, 4.69) is 11.4 Å². The largest absolute Gasteiger partial charge is 0.390 e. The van der Waals surface area contributed by atoms with E-state index in [0.29, 0.717) is 0 Å². The third-order valence-corrected chi connectivity index (χ3v) is 2.41. The highest BCUT2D eigenvalue weighted by atomic mass is 19.1. The highest BCUT2D eigenvalue weighted by Gasteiger charge is 1.95. The Labute approximate surface area is 106 Å². The van der Waals surface area contributed by atoms with Crippen LogP contribution in [0.25, 0.3) is 0 Å². The van der Waals surface area contributed by atoms with Gasteiger partial charge in [-0.1, -0.05) is 47.1 Å². The Morgan fingerprint density at radius 3 is 2.67 bits per heavy atom. The highest BCUT2D eigenvalue weighted by Crippen LogP contribution is 2.05. The average molecular weight is 242 g/mol. The van der Waals surface area contributed by atoms with Gasteiger partial charge in [0, 0.05) is 5.56 Å². The van der Waals surface area contributed by atoms with Crippen molar-refractivity contribution in [2.24, 2.45) is 5.16 Å². The zero-order valence-corrected chi connectivity index (χ0v) is 10.1. The van der Waals surface area contributed by atoms with Crippen molar-refractivity contribution >= 4 is 6.21 Å². The van der Waals surface area contributed by atoms with Crippen molar-refractivity contribution in [2.75, 3.05) is 0 Å². The van der Waals surface area contributed by atoms with Crippen molar-refractivity contribution in [3.63, 3.8) is 0 Å².